The highest BCUT2D eigenvalue weighted by Gasteiger charge is 2.10. The number of thiophene rings is 1. The highest BCUT2D eigenvalue weighted by molar-refractivity contribution is 7.14. The Labute approximate surface area is 110 Å². The molecule has 17 heavy (non-hydrogen) atoms. The van der Waals surface area contributed by atoms with E-state index in [1.54, 1.807) is 11.3 Å². The van der Waals surface area contributed by atoms with Gasteiger partial charge in [-0.1, -0.05) is 18.5 Å². The second-order valence-electron chi connectivity index (χ2n) is 3.65. The predicted molar refractivity (Wildman–Crippen MR) is 73.9 cm³/mol. The minimum atomic E-state index is 0.748. The zero-order valence-corrected chi connectivity index (χ0v) is 11.4. The van der Waals surface area contributed by atoms with Gasteiger partial charge in [0.15, 0.2) is 0 Å². The van der Waals surface area contributed by atoms with Crippen LogP contribution in [0, 0.1) is 0 Å². The van der Waals surface area contributed by atoms with Crippen molar-refractivity contribution >= 4 is 28.8 Å². The highest BCUT2D eigenvalue weighted by Crippen LogP contribution is 2.32. The second-order valence-corrected chi connectivity index (χ2v) is 4.98. The average molecular weight is 268 g/mol. The molecular weight excluding hydrogens is 254 g/mol. The number of aryl methyl sites for hydroxylation is 1. The molecule has 0 aromatic carbocycles. The Hall–Kier alpha value is -1.13. The van der Waals surface area contributed by atoms with Crippen LogP contribution in [0.3, 0.4) is 0 Å². The van der Waals surface area contributed by atoms with Gasteiger partial charge >= 0.3 is 0 Å². The van der Waals surface area contributed by atoms with E-state index in [1.165, 1.54) is 0 Å². The van der Waals surface area contributed by atoms with Crippen molar-refractivity contribution in [2.45, 2.75) is 19.8 Å². The second kappa shape index (κ2) is 5.47. The van der Waals surface area contributed by atoms with Gasteiger partial charge in [0.1, 0.15) is 11.6 Å². The van der Waals surface area contributed by atoms with Gasteiger partial charge in [0.2, 0.25) is 0 Å². The van der Waals surface area contributed by atoms with E-state index in [1.807, 2.05) is 24.6 Å². The van der Waals surface area contributed by atoms with Gasteiger partial charge in [-0.25, -0.2) is 9.97 Å². The first-order valence-electron chi connectivity index (χ1n) is 5.53. The van der Waals surface area contributed by atoms with Gasteiger partial charge in [0, 0.05) is 19.5 Å². The van der Waals surface area contributed by atoms with E-state index in [9.17, 15) is 0 Å². The molecule has 0 bridgehead atoms. The zero-order chi connectivity index (χ0) is 12.3. The van der Waals surface area contributed by atoms with E-state index in [-0.39, 0.29) is 0 Å². The van der Waals surface area contributed by atoms with Crippen molar-refractivity contribution < 1.29 is 0 Å². The normalized spacial score (nSPS) is 10.5. The Balaban J connectivity index is 2.46. The molecule has 0 atom stereocenters. The summed E-state index contributed by atoms with van der Waals surface area (Å²) in [5.74, 6) is 1.70. The minimum absolute atomic E-state index is 0.748. The molecule has 90 valence electrons. The van der Waals surface area contributed by atoms with Crippen LogP contribution in [0.25, 0.3) is 10.6 Å². The van der Waals surface area contributed by atoms with Crippen LogP contribution >= 0.6 is 22.9 Å². The summed E-state index contributed by atoms with van der Waals surface area (Å²) in [5, 5.41) is 5.78. The Morgan fingerprint density at radius 3 is 2.82 bits per heavy atom. The largest absolute Gasteiger partial charge is 0.373 e. The number of aromatic nitrogens is 2. The molecule has 0 saturated heterocycles. The Bertz CT molecular complexity index is 510. The van der Waals surface area contributed by atoms with Gasteiger partial charge in [-0.2, -0.15) is 0 Å². The topological polar surface area (TPSA) is 37.8 Å². The summed E-state index contributed by atoms with van der Waals surface area (Å²) in [4.78, 5) is 9.97. The summed E-state index contributed by atoms with van der Waals surface area (Å²) in [5.41, 5.74) is 0.896. The Kier molecular flexibility index (Phi) is 3.97. The van der Waals surface area contributed by atoms with E-state index in [4.69, 9.17) is 11.6 Å². The van der Waals surface area contributed by atoms with Gasteiger partial charge in [-0.15, -0.1) is 11.3 Å². The molecular formula is C12H14ClN3S. The summed E-state index contributed by atoms with van der Waals surface area (Å²) in [6.45, 7) is 2.12. The molecule has 3 nitrogen and oxygen atoms in total. The summed E-state index contributed by atoms with van der Waals surface area (Å²) < 4.78 is 0. The molecule has 2 aromatic rings. The zero-order valence-electron chi connectivity index (χ0n) is 9.83. The van der Waals surface area contributed by atoms with Crippen LogP contribution in [0.5, 0.6) is 0 Å². The lowest BCUT2D eigenvalue weighted by molar-refractivity contribution is 0.838. The van der Waals surface area contributed by atoms with Crippen molar-refractivity contribution in [3.8, 4) is 10.6 Å². The number of nitrogens with one attached hydrogen (secondary N) is 1. The third kappa shape index (κ3) is 2.76. The van der Waals surface area contributed by atoms with Crippen molar-refractivity contribution in [1.82, 2.24) is 9.97 Å². The monoisotopic (exact) mass is 267 g/mol. The smallest absolute Gasteiger partial charge is 0.131 e. The van der Waals surface area contributed by atoms with Gasteiger partial charge in [0.25, 0.3) is 0 Å². The third-order valence-corrected chi connectivity index (χ3v) is 3.72. The lowest BCUT2D eigenvalue weighted by Crippen LogP contribution is -2.01. The maximum absolute atomic E-state index is 6.13. The van der Waals surface area contributed by atoms with Crippen molar-refractivity contribution in [1.29, 1.82) is 0 Å². The van der Waals surface area contributed by atoms with Crippen LogP contribution in [0.2, 0.25) is 5.02 Å². The van der Waals surface area contributed by atoms with Gasteiger partial charge in [0.05, 0.1) is 15.6 Å². The first-order valence-corrected chi connectivity index (χ1v) is 6.79. The van der Waals surface area contributed by atoms with E-state index in [2.05, 4.69) is 22.2 Å². The molecule has 0 aliphatic carbocycles. The first-order chi connectivity index (χ1) is 8.24. The number of anilines is 1. The van der Waals surface area contributed by atoms with Crippen LogP contribution in [-0.2, 0) is 6.42 Å². The molecule has 0 spiro atoms. The van der Waals surface area contributed by atoms with Crippen molar-refractivity contribution in [3.63, 3.8) is 0 Å². The molecule has 0 aliphatic heterocycles. The van der Waals surface area contributed by atoms with E-state index in [0.717, 1.165) is 40.1 Å². The van der Waals surface area contributed by atoms with E-state index >= 15 is 0 Å². The van der Waals surface area contributed by atoms with Gasteiger partial charge in [-0.3, -0.25) is 0 Å². The predicted octanol–water partition coefficient (Wildman–Crippen LogP) is 3.85. The van der Waals surface area contributed by atoms with Gasteiger partial charge in [-0.05, 0) is 17.9 Å². The molecule has 0 radical (unpaired) electrons. The average Bonchev–Trinajstić information content (AvgIpc) is 2.75. The van der Waals surface area contributed by atoms with Crippen LogP contribution < -0.4 is 5.32 Å². The number of hydrogen-bond donors (Lipinski definition) is 1. The summed E-state index contributed by atoms with van der Waals surface area (Å²) in [7, 11) is 1.86. The van der Waals surface area contributed by atoms with Crippen LogP contribution in [0.1, 0.15) is 19.2 Å². The van der Waals surface area contributed by atoms with Gasteiger partial charge < -0.3 is 5.32 Å². The fourth-order valence-electron chi connectivity index (χ4n) is 1.55. The molecule has 2 aromatic heterocycles. The van der Waals surface area contributed by atoms with Crippen molar-refractivity contribution in [2.75, 3.05) is 12.4 Å². The lowest BCUT2D eigenvalue weighted by atomic mass is 10.2. The molecule has 0 fully saturated rings. The summed E-state index contributed by atoms with van der Waals surface area (Å²) in [6.07, 6.45) is 1.91. The fourth-order valence-corrected chi connectivity index (χ4v) is 2.67. The number of nitrogens with zero attached hydrogens (tertiary/aromatic N) is 2. The summed E-state index contributed by atoms with van der Waals surface area (Å²) in [6, 6.07) is 3.82. The summed E-state index contributed by atoms with van der Waals surface area (Å²) >= 11 is 7.73. The van der Waals surface area contributed by atoms with Crippen LogP contribution in [-0.4, -0.2) is 17.0 Å². The van der Waals surface area contributed by atoms with Crippen LogP contribution in [0.15, 0.2) is 17.5 Å². The molecule has 0 saturated carbocycles. The molecule has 2 rings (SSSR count). The number of rotatable bonds is 4. The lowest BCUT2D eigenvalue weighted by Gasteiger charge is -2.06. The first kappa shape index (κ1) is 12.3. The van der Waals surface area contributed by atoms with Crippen LogP contribution in [0.4, 0.5) is 5.82 Å². The molecule has 0 amide bonds. The molecule has 0 unspecified atom stereocenters. The molecule has 0 aliphatic rings. The molecule has 1 N–H and O–H groups in total. The van der Waals surface area contributed by atoms with Crippen molar-refractivity contribution in [3.05, 3.63) is 28.4 Å². The van der Waals surface area contributed by atoms with Crippen molar-refractivity contribution in [2.24, 2.45) is 0 Å². The van der Waals surface area contributed by atoms with E-state index < -0.39 is 0 Å². The quantitative estimate of drug-likeness (QED) is 0.914. The number of halogens is 1. The van der Waals surface area contributed by atoms with E-state index in [0.29, 0.717) is 0 Å². The fraction of sp³-hybridized carbons (Fsp3) is 0.333. The maximum atomic E-state index is 6.13. The Morgan fingerprint density at radius 2 is 2.24 bits per heavy atom. The minimum Gasteiger partial charge on any atom is -0.373 e. The Morgan fingerprint density at radius 1 is 1.41 bits per heavy atom. The standard InChI is InChI=1S/C12H14ClN3S/c1-3-4-10-15-9(7-11(14-2)16-10)12-8(13)5-6-17-12/h5-7H,3-4H2,1-2H3,(H,14,15,16). The molecule has 5 heteroatoms. The maximum Gasteiger partial charge on any atom is 0.131 e. The number of hydrogen-bond acceptors (Lipinski definition) is 4. The highest BCUT2D eigenvalue weighted by atomic mass is 35.5. The third-order valence-electron chi connectivity index (χ3n) is 2.35. The SMILES string of the molecule is CCCc1nc(NC)cc(-c2sccc2Cl)n1. The molecule has 2 heterocycles.